The van der Waals surface area contributed by atoms with Gasteiger partial charge in [0, 0.05) is 20.1 Å². The highest BCUT2D eigenvalue weighted by atomic mass is 16.5. The van der Waals surface area contributed by atoms with E-state index >= 15 is 0 Å². The standard InChI is InChI=1S/C8H16N2O/c1-10(2)8(11-3)6-4-5-7-9-8/h4-5,9H,6-7H2,1-3H3. The summed E-state index contributed by atoms with van der Waals surface area (Å²) in [6.07, 6.45) is 5.15. The van der Waals surface area contributed by atoms with Crippen molar-refractivity contribution < 1.29 is 4.74 Å². The molecule has 1 aliphatic rings. The van der Waals surface area contributed by atoms with E-state index in [1.807, 2.05) is 14.1 Å². The summed E-state index contributed by atoms with van der Waals surface area (Å²) in [5, 5.41) is 3.30. The van der Waals surface area contributed by atoms with E-state index in [1.165, 1.54) is 0 Å². The maximum Gasteiger partial charge on any atom is 0.180 e. The van der Waals surface area contributed by atoms with Crippen LogP contribution in [0.5, 0.6) is 0 Å². The molecule has 0 fully saturated rings. The van der Waals surface area contributed by atoms with Crippen molar-refractivity contribution in [3.63, 3.8) is 0 Å². The second-order valence-electron chi connectivity index (χ2n) is 2.94. The zero-order chi connectivity index (χ0) is 8.32. The molecule has 1 atom stereocenters. The van der Waals surface area contributed by atoms with Gasteiger partial charge in [-0.05, 0) is 14.1 Å². The molecule has 0 aromatic heterocycles. The van der Waals surface area contributed by atoms with Gasteiger partial charge >= 0.3 is 0 Å². The van der Waals surface area contributed by atoms with Crippen molar-refractivity contribution >= 4 is 0 Å². The average Bonchev–Trinajstić information content (AvgIpc) is 2.05. The first-order valence-corrected chi connectivity index (χ1v) is 3.84. The van der Waals surface area contributed by atoms with Gasteiger partial charge in [0.2, 0.25) is 0 Å². The third kappa shape index (κ3) is 1.61. The van der Waals surface area contributed by atoms with Crippen molar-refractivity contribution in [2.24, 2.45) is 0 Å². The molecule has 0 saturated heterocycles. The van der Waals surface area contributed by atoms with Crippen molar-refractivity contribution in [3.8, 4) is 0 Å². The number of hydrogen-bond acceptors (Lipinski definition) is 3. The Morgan fingerprint density at radius 2 is 2.18 bits per heavy atom. The second-order valence-corrected chi connectivity index (χ2v) is 2.94. The molecule has 0 radical (unpaired) electrons. The Hall–Kier alpha value is -0.380. The van der Waals surface area contributed by atoms with Gasteiger partial charge in [-0.25, -0.2) is 0 Å². The molecule has 0 bridgehead atoms. The van der Waals surface area contributed by atoms with Gasteiger partial charge in [0.05, 0.1) is 0 Å². The highest BCUT2D eigenvalue weighted by molar-refractivity contribution is 4.97. The highest BCUT2D eigenvalue weighted by Gasteiger charge is 2.31. The van der Waals surface area contributed by atoms with Gasteiger partial charge < -0.3 is 4.74 Å². The topological polar surface area (TPSA) is 24.5 Å². The van der Waals surface area contributed by atoms with Crippen LogP contribution < -0.4 is 5.32 Å². The number of nitrogens with zero attached hydrogens (tertiary/aromatic N) is 1. The largest absolute Gasteiger partial charge is 0.350 e. The Morgan fingerprint density at radius 1 is 1.45 bits per heavy atom. The summed E-state index contributed by atoms with van der Waals surface area (Å²) in [4.78, 5) is 2.05. The molecule has 3 heteroatoms. The molecule has 1 rings (SSSR count). The normalized spacial score (nSPS) is 31.3. The van der Waals surface area contributed by atoms with Gasteiger partial charge in [-0.1, -0.05) is 12.2 Å². The van der Waals surface area contributed by atoms with Crippen LogP contribution in [0.25, 0.3) is 0 Å². The monoisotopic (exact) mass is 156 g/mol. The van der Waals surface area contributed by atoms with Gasteiger partial charge in [-0.2, -0.15) is 0 Å². The van der Waals surface area contributed by atoms with Crippen LogP contribution in [-0.2, 0) is 4.74 Å². The van der Waals surface area contributed by atoms with Crippen molar-refractivity contribution in [2.45, 2.75) is 12.3 Å². The van der Waals surface area contributed by atoms with Crippen LogP contribution in [0.3, 0.4) is 0 Å². The fourth-order valence-corrected chi connectivity index (χ4v) is 1.30. The van der Waals surface area contributed by atoms with E-state index in [9.17, 15) is 0 Å². The van der Waals surface area contributed by atoms with Gasteiger partial charge in [0.1, 0.15) is 0 Å². The van der Waals surface area contributed by atoms with Crippen LogP contribution in [0.2, 0.25) is 0 Å². The first-order chi connectivity index (χ1) is 5.21. The third-order valence-electron chi connectivity index (χ3n) is 2.12. The molecular formula is C8H16N2O. The van der Waals surface area contributed by atoms with Crippen LogP contribution in [0.4, 0.5) is 0 Å². The minimum Gasteiger partial charge on any atom is -0.350 e. The number of methoxy groups -OCH3 is 1. The lowest BCUT2D eigenvalue weighted by Crippen LogP contribution is -2.58. The van der Waals surface area contributed by atoms with E-state index in [2.05, 4.69) is 22.4 Å². The Kier molecular flexibility index (Phi) is 2.65. The molecule has 0 aromatic carbocycles. The third-order valence-corrected chi connectivity index (χ3v) is 2.12. The number of hydrogen-bond donors (Lipinski definition) is 1. The van der Waals surface area contributed by atoms with Crippen molar-refractivity contribution in [3.05, 3.63) is 12.2 Å². The molecule has 0 amide bonds. The van der Waals surface area contributed by atoms with Gasteiger partial charge in [-0.15, -0.1) is 0 Å². The van der Waals surface area contributed by atoms with E-state index in [0.717, 1.165) is 13.0 Å². The lowest BCUT2D eigenvalue weighted by Gasteiger charge is -2.40. The van der Waals surface area contributed by atoms with E-state index in [-0.39, 0.29) is 5.85 Å². The van der Waals surface area contributed by atoms with Crippen molar-refractivity contribution in [1.29, 1.82) is 0 Å². The minimum atomic E-state index is -0.283. The summed E-state index contributed by atoms with van der Waals surface area (Å²) < 4.78 is 5.40. The molecule has 0 aliphatic carbocycles. The summed E-state index contributed by atoms with van der Waals surface area (Å²) in [6.45, 7) is 0.881. The van der Waals surface area contributed by atoms with Gasteiger partial charge in [0.15, 0.2) is 5.85 Å². The molecule has 0 saturated carbocycles. The highest BCUT2D eigenvalue weighted by Crippen LogP contribution is 2.17. The predicted molar refractivity (Wildman–Crippen MR) is 45.2 cm³/mol. The Labute approximate surface area is 68.0 Å². The molecule has 0 spiro atoms. The predicted octanol–water partition coefficient (Wildman–Crippen LogP) is 0.398. The van der Waals surface area contributed by atoms with Crippen LogP contribution in [0.1, 0.15) is 6.42 Å². The summed E-state index contributed by atoms with van der Waals surface area (Å²) in [7, 11) is 5.75. The quantitative estimate of drug-likeness (QED) is 0.462. The zero-order valence-corrected chi connectivity index (χ0v) is 7.42. The molecule has 0 aromatic rings. The van der Waals surface area contributed by atoms with Crippen LogP contribution in [0.15, 0.2) is 12.2 Å². The van der Waals surface area contributed by atoms with Crippen LogP contribution >= 0.6 is 0 Å². The number of nitrogens with one attached hydrogen (secondary N) is 1. The first-order valence-electron chi connectivity index (χ1n) is 3.84. The van der Waals surface area contributed by atoms with Crippen molar-refractivity contribution in [1.82, 2.24) is 10.2 Å². The minimum absolute atomic E-state index is 0.283. The summed E-state index contributed by atoms with van der Waals surface area (Å²) in [5.41, 5.74) is 0. The maximum absolute atomic E-state index is 5.40. The Balaban J connectivity index is 2.67. The molecule has 1 heterocycles. The maximum atomic E-state index is 5.40. The lowest BCUT2D eigenvalue weighted by molar-refractivity contribution is -0.137. The van der Waals surface area contributed by atoms with Crippen LogP contribution in [0, 0.1) is 0 Å². The first kappa shape index (κ1) is 8.71. The van der Waals surface area contributed by atoms with E-state index in [1.54, 1.807) is 7.11 Å². The van der Waals surface area contributed by atoms with Gasteiger partial charge in [-0.3, -0.25) is 10.2 Å². The van der Waals surface area contributed by atoms with Crippen molar-refractivity contribution in [2.75, 3.05) is 27.7 Å². The lowest BCUT2D eigenvalue weighted by atomic mass is 10.2. The summed E-state index contributed by atoms with van der Waals surface area (Å²) >= 11 is 0. The molecular weight excluding hydrogens is 140 g/mol. The summed E-state index contributed by atoms with van der Waals surface area (Å²) in [5.74, 6) is -0.283. The van der Waals surface area contributed by atoms with Crippen LogP contribution in [-0.4, -0.2) is 38.5 Å². The molecule has 11 heavy (non-hydrogen) atoms. The Morgan fingerprint density at radius 3 is 2.45 bits per heavy atom. The molecule has 1 aliphatic heterocycles. The molecule has 1 unspecified atom stereocenters. The fraction of sp³-hybridized carbons (Fsp3) is 0.750. The summed E-state index contributed by atoms with van der Waals surface area (Å²) in [6, 6.07) is 0. The van der Waals surface area contributed by atoms with E-state index in [4.69, 9.17) is 4.74 Å². The smallest absolute Gasteiger partial charge is 0.180 e. The zero-order valence-electron chi connectivity index (χ0n) is 7.42. The van der Waals surface area contributed by atoms with E-state index in [0.29, 0.717) is 0 Å². The SMILES string of the molecule is COC1(N(C)C)CC=CCN1. The average molecular weight is 156 g/mol. The molecule has 3 nitrogen and oxygen atoms in total. The Bertz CT molecular complexity index is 156. The molecule has 1 N–H and O–H groups in total. The number of ether oxygens (including phenoxy) is 1. The second kappa shape index (κ2) is 3.34. The fourth-order valence-electron chi connectivity index (χ4n) is 1.30. The molecule has 64 valence electrons. The van der Waals surface area contributed by atoms with E-state index < -0.39 is 0 Å². The number of rotatable bonds is 2. The van der Waals surface area contributed by atoms with Gasteiger partial charge in [0.25, 0.3) is 0 Å².